The quantitative estimate of drug-likeness (QED) is 0.0294. The van der Waals surface area contributed by atoms with Gasteiger partial charge in [0.1, 0.15) is 35.2 Å². The highest BCUT2D eigenvalue weighted by Crippen LogP contribution is 2.53. The van der Waals surface area contributed by atoms with Crippen molar-refractivity contribution in [2.24, 2.45) is 5.41 Å². The van der Waals surface area contributed by atoms with Gasteiger partial charge in [0.25, 0.3) is 5.91 Å². The summed E-state index contributed by atoms with van der Waals surface area (Å²) in [7, 11) is 3.46. The van der Waals surface area contributed by atoms with Gasteiger partial charge < -0.3 is 63.8 Å². The van der Waals surface area contributed by atoms with E-state index in [-0.39, 0.29) is 69.4 Å². The number of likely N-dealkylation sites (N-methyl/N-ethyl adjacent to an activating group) is 1. The first-order valence-corrected chi connectivity index (χ1v) is 33.0. The van der Waals surface area contributed by atoms with E-state index in [1.54, 1.807) is 0 Å². The second kappa shape index (κ2) is 32.5. The Morgan fingerprint density at radius 3 is 2.25 bits per heavy atom. The molecule has 0 bridgehead atoms. The smallest absolute Gasteiger partial charge is 0.318 e. The molecule has 24 heteroatoms. The zero-order valence-electron chi connectivity index (χ0n) is 54.5. The molecule has 1 aromatic heterocycles. The van der Waals surface area contributed by atoms with Gasteiger partial charge in [0.15, 0.2) is 0 Å². The number of anilines is 3. The summed E-state index contributed by atoms with van der Waals surface area (Å²) in [5.74, 6) is -3.00. The molecule has 3 N–H and O–H groups in total. The second-order valence-corrected chi connectivity index (χ2v) is 26.2. The van der Waals surface area contributed by atoms with Gasteiger partial charge in [-0.15, -0.1) is 0 Å². The first-order chi connectivity index (χ1) is 45.9. The highest BCUT2D eigenvalue weighted by Gasteiger charge is 2.61. The number of rotatable bonds is 29. The van der Waals surface area contributed by atoms with Crippen LogP contribution in [-0.2, 0) is 51.7 Å². The van der Waals surface area contributed by atoms with Gasteiger partial charge in [-0.3, -0.25) is 19.3 Å². The Morgan fingerprint density at radius 2 is 1.55 bits per heavy atom. The van der Waals surface area contributed by atoms with E-state index in [1.807, 2.05) is 25.7 Å². The van der Waals surface area contributed by atoms with Crippen LogP contribution in [0.25, 0.3) is 10.8 Å². The number of piperazine rings is 1. The molecule has 0 unspecified atom stereocenters. The van der Waals surface area contributed by atoms with Crippen molar-refractivity contribution in [2.45, 2.75) is 82.1 Å². The van der Waals surface area contributed by atoms with Crippen LogP contribution in [0.2, 0.25) is 10.0 Å². The Bertz CT molecular complexity index is 3720. The van der Waals surface area contributed by atoms with Crippen LogP contribution in [0.15, 0.2) is 110 Å². The van der Waals surface area contributed by atoms with E-state index in [0.717, 1.165) is 49.1 Å². The van der Waals surface area contributed by atoms with Gasteiger partial charge in [-0.25, -0.2) is 8.78 Å². The van der Waals surface area contributed by atoms with Crippen LogP contribution in [0, 0.1) is 28.4 Å². The maximum Gasteiger partial charge on any atom is 0.318 e. The van der Waals surface area contributed by atoms with Gasteiger partial charge in [0, 0.05) is 96.6 Å². The summed E-state index contributed by atoms with van der Waals surface area (Å²) in [4.78, 5) is 59.1. The largest absolute Gasteiger partial charge is 0.495 e. The molecule has 0 saturated carbocycles. The lowest BCUT2D eigenvalue weighted by Crippen LogP contribution is -2.49. The Hall–Kier alpha value is -7.56. The van der Waals surface area contributed by atoms with Gasteiger partial charge in [0.05, 0.1) is 108 Å². The Morgan fingerprint density at radius 1 is 0.842 bits per heavy atom. The average Bonchev–Trinajstić information content (AvgIpc) is 1.59. The maximum atomic E-state index is 16.2. The fourth-order valence-corrected chi connectivity index (χ4v) is 13.6. The van der Waals surface area contributed by atoms with Crippen LogP contribution >= 0.6 is 23.2 Å². The third-order valence-electron chi connectivity index (χ3n) is 17.9. The number of aromatic nitrogens is 2. The topological polar surface area (TPSA) is 214 Å². The summed E-state index contributed by atoms with van der Waals surface area (Å²) >= 11 is 12.5. The van der Waals surface area contributed by atoms with Crippen LogP contribution in [0.5, 0.6) is 11.8 Å². The van der Waals surface area contributed by atoms with Crippen molar-refractivity contribution >= 4 is 68.9 Å². The van der Waals surface area contributed by atoms with Crippen molar-refractivity contribution in [3.05, 3.63) is 159 Å². The van der Waals surface area contributed by atoms with Crippen molar-refractivity contribution in [3.63, 3.8) is 0 Å². The SMILES string of the molecule is C=CC(=O)N1CCN(c2nc(OC[C@@H]3C[C@@H](OCCOCCOCCOCCOCCNC(=O)c4ccc(NC(=O)[C@@H]5N[C@@H](CC(C)(C)C)[C@](C#N)(c6ccc(Cl)cc6F)[C@H]5c5cccc(Cl)c5F)c(OC)c4)CN3C)nc3c2CCN(c2cccc4ccccc24)C3)CC1. The minimum atomic E-state index is -1.82. The summed E-state index contributed by atoms with van der Waals surface area (Å²) in [6, 6.07) is 28.3. The fraction of sp³-hybridized carbons (Fsp3) is 0.465. The molecule has 4 aliphatic rings. The van der Waals surface area contributed by atoms with Crippen molar-refractivity contribution in [1.29, 1.82) is 5.26 Å². The molecule has 3 amide bonds. The van der Waals surface area contributed by atoms with Gasteiger partial charge in [-0.05, 0) is 91.2 Å². The number of methoxy groups -OCH3 is 1. The normalized spacial score (nSPS) is 20.5. The Kier molecular flexibility index (Phi) is 24.0. The zero-order chi connectivity index (χ0) is 67.2. The molecule has 0 spiro atoms. The highest BCUT2D eigenvalue weighted by atomic mass is 35.5. The monoisotopic (exact) mass is 1340 g/mol. The standard InChI is InChI=1S/C71H84Cl2F2N10O10/c1-7-62(86)83-25-27-84(28-26-83)66-52-22-24-85(59-17-10-13-46-12-8-9-14-51(46)59)43-58(52)79-69(81-66)95-44-49-40-50(42-82(49)5)94-37-36-93-35-34-92-33-32-91-31-30-90-29-23-77-67(87)47-18-21-57(60(38-47)89-6)78-68(88)65-63(53-15-11-16-55(73)64(53)75)71(45-76,61(80-65)41-70(2,3)4)54-20-19-48(72)39-56(54)74/h7-21,38-39,49-50,61,63,65,80H,1,22-37,40-44H2,2-6H3,(H,77,87)(H,78,88)/t49-,50+,61-,63-,65+,71-/m0/s1. The number of fused-ring (bicyclic) bond motifs is 2. The van der Waals surface area contributed by atoms with Gasteiger partial charge in [0.2, 0.25) is 11.8 Å². The van der Waals surface area contributed by atoms with E-state index in [2.05, 4.69) is 92.8 Å². The van der Waals surface area contributed by atoms with Gasteiger partial charge >= 0.3 is 6.01 Å². The first-order valence-electron chi connectivity index (χ1n) is 32.3. The van der Waals surface area contributed by atoms with Crippen LogP contribution in [0.3, 0.4) is 0 Å². The number of nitriles is 1. The summed E-state index contributed by atoms with van der Waals surface area (Å²) in [6.07, 6.45) is 3.26. The number of likely N-dealkylation sites (tertiary alicyclic amines) is 1. The molecule has 0 aliphatic carbocycles. The molecule has 6 aromatic rings. The number of amides is 3. The molecule has 20 nitrogen and oxygen atoms in total. The van der Waals surface area contributed by atoms with E-state index < -0.39 is 52.3 Å². The summed E-state index contributed by atoms with van der Waals surface area (Å²) in [5, 5.41) is 22.5. The first kappa shape index (κ1) is 70.2. The van der Waals surface area contributed by atoms with E-state index in [1.165, 1.54) is 78.2 Å². The predicted octanol–water partition coefficient (Wildman–Crippen LogP) is 9.55. The zero-order valence-corrected chi connectivity index (χ0v) is 56.0. The molecule has 0 radical (unpaired) electrons. The number of nitrogens with one attached hydrogen (secondary N) is 3. The lowest BCUT2D eigenvalue weighted by atomic mass is 9.62. The molecule has 5 aromatic carbocycles. The molecule has 10 rings (SSSR count). The molecular formula is C71H84Cl2F2N10O10. The number of halogens is 4. The van der Waals surface area contributed by atoms with Gasteiger partial charge in [-0.1, -0.05) is 105 Å². The molecular weight excluding hydrogens is 1260 g/mol. The van der Waals surface area contributed by atoms with Crippen LogP contribution in [-0.4, -0.2) is 188 Å². The number of nitrogens with zero attached hydrogens (tertiary/aromatic N) is 7. The number of hydrogen-bond acceptors (Lipinski definition) is 17. The van der Waals surface area contributed by atoms with E-state index in [9.17, 15) is 19.6 Å². The number of ether oxygens (including phenoxy) is 7. The number of carbonyl (C=O) groups is 3. The third-order valence-corrected chi connectivity index (χ3v) is 18.5. The minimum Gasteiger partial charge on any atom is -0.495 e. The number of hydrogen-bond donors (Lipinski definition) is 3. The lowest BCUT2D eigenvalue weighted by molar-refractivity contribution is -0.126. The maximum absolute atomic E-state index is 16.2. The summed E-state index contributed by atoms with van der Waals surface area (Å²) < 4.78 is 73.5. The second-order valence-electron chi connectivity index (χ2n) is 25.4. The van der Waals surface area contributed by atoms with E-state index in [4.69, 9.17) is 66.3 Å². The summed E-state index contributed by atoms with van der Waals surface area (Å²) in [6.45, 7) is 18.1. The Balaban J connectivity index is 0.604. The minimum absolute atomic E-state index is 0.0201. The highest BCUT2D eigenvalue weighted by molar-refractivity contribution is 6.31. The van der Waals surface area contributed by atoms with E-state index in [0.29, 0.717) is 105 Å². The molecule has 506 valence electrons. The number of carbonyl (C=O) groups excluding carboxylic acids is 3. The van der Waals surface area contributed by atoms with Crippen LogP contribution in [0.1, 0.15) is 72.3 Å². The third kappa shape index (κ3) is 17.0. The molecule has 4 aliphatic heterocycles. The molecule has 95 heavy (non-hydrogen) atoms. The van der Waals surface area contributed by atoms with Crippen molar-refractivity contribution in [3.8, 4) is 17.8 Å². The number of benzene rings is 5. The average molecular weight is 1350 g/mol. The predicted molar refractivity (Wildman–Crippen MR) is 361 cm³/mol. The Labute approximate surface area is 564 Å². The van der Waals surface area contributed by atoms with Crippen LogP contribution < -0.4 is 35.2 Å². The van der Waals surface area contributed by atoms with Crippen molar-refractivity contribution < 1.29 is 56.3 Å². The van der Waals surface area contributed by atoms with Gasteiger partial charge in [-0.2, -0.15) is 15.2 Å². The van der Waals surface area contributed by atoms with E-state index >= 15 is 8.78 Å². The van der Waals surface area contributed by atoms with Crippen molar-refractivity contribution in [1.82, 2.24) is 30.4 Å². The van der Waals surface area contributed by atoms with Crippen LogP contribution in [0.4, 0.5) is 26.0 Å². The molecule has 3 saturated heterocycles. The summed E-state index contributed by atoms with van der Waals surface area (Å²) in [5.41, 5.74) is 1.36. The molecule has 5 heterocycles. The molecule has 3 fully saturated rings. The lowest BCUT2D eigenvalue weighted by Gasteiger charge is -2.38. The van der Waals surface area contributed by atoms with Crippen molar-refractivity contribution in [2.75, 3.05) is 141 Å². The molecule has 6 atom stereocenters. The fourth-order valence-electron chi connectivity index (χ4n) is 13.3.